The predicted molar refractivity (Wildman–Crippen MR) is 173 cm³/mol. The molecule has 7 nitrogen and oxygen atoms in total. The van der Waals surface area contributed by atoms with Crippen molar-refractivity contribution >= 4 is 34.4 Å². The first kappa shape index (κ1) is 30.1. The first-order valence-electron chi connectivity index (χ1n) is 15.2. The zero-order valence-corrected chi connectivity index (χ0v) is 27.3. The highest BCUT2D eigenvalue weighted by atomic mass is 35.5. The zero-order valence-electron chi connectivity index (χ0n) is 25.7. The summed E-state index contributed by atoms with van der Waals surface area (Å²) in [5, 5.41) is 9.04. The number of amides is 1. The number of carbonyl (C=O) groups excluding carboxylic acids is 1. The highest BCUT2D eigenvalue weighted by molar-refractivity contribution is 7.12. The van der Waals surface area contributed by atoms with Gasteiger partial charge in [-0.15, -0.1) is 11.3 Å². The van der Waals surface area contributed by atoms with Crippen LogP contribution in [-0.4, -0.2) is 60.7 Å². The molecule has 6 rings (SSSR count). The van der Waals surface area contributed by atoms with E-state index in [1.165, 1.54) is 4.88 Å². The van der Waals surface area contributed by atoms with Gasteiger partial charge in [0.25, 0.3) is 5.91 Å². The first-order chi connectivity index (χ1) is 20.7. The number of carbonyl (C=O) groups is 1. The Kier molecular flexibility index (Phi) is 8.83. The number of halogens is 1. The summed E-state index contributed by atoms with van der Waals surface area (Å²) in [5.41, 5.74) is 7.25. The van der Waals surface area contributed by atoms with Gasteiger partial charge in [-0.05, 0) is 93.0 Å². The van der Waals surface area contributed by atoms with Gasteiger partial charge < -0.3 is 25.0 Å². The Bertz CT molecular complexity index is 1540. The fraction of sp³-hybridized carbons (Fsp3) is 0.471. The molecule has 1 amide bonds. The van der Waals surface area contributed by atoms with E-state index >= 15 is 0 Å². The summed E-state index contributed by atoms with van der Waals surface area (Å²) in [4.78, 5) is 22.9. The van der Waals surface area contributed by atoms with E-state index in [0.29, 0.717) is 13.2 Å². The second kappa shape index (κ2) is 12.6. The summed E-state index contributed by atoms with van der Waals surface area (Å²) in [5.74, 6) is 1.82. The molecule has 2 bridgehead atoms. The van der Waals surface area contributed by atoms with Crippen LogP contribution in [0.25, 0.3) is 5.57 Å². The van der Waals surface area contributed by atoms with Crippen molar-refractivity contribution in [1.82, 2.24) is 20.5 Å². The molecule has 2 N–H and O–H groups in total. The van der Waals surface area contributed by atoms with E-state index in [-0.39, 0.29) is 24.0 Å². The van der Waals surface area contributed by atoms with Gasteiger partial charge >= 0.3 is 0 Å². The molecule has 1 saturated carbocycles. The fourth-order valence-corrected chi connectivity index (χ4v) is 7.57. The highest BCUT2D eigenvalue weighted by Crippen LogP contribution is 2.39. The second-order valence-electron chi connectivity index (χ2n) is 12.1. The number of benzene rings is 2. The van der Waals surface area contributed by atoms with Crippen molar-refractivity contribution in [2.24, 2.45) is 0 Å². The molecule has 3 heterocycles. The maximum Gasteiger partial charge on any atom is 0.252 e. The number of piperazine rings is 1. The average Bonchev–Trinajstić information content (AvgIpc) is 3.76. The topological polar surface area (TPSA) is 75.7 Å². The monoisotopic (exact) mass is 620 g/mol. The molecule has 2 unspecified atom stereocenters. The number of thiazole rings is 1. The van der Waals surface area contributed by atoms with Gasteiger partial charge in [0.2, 0.25) is 0 Å². The molecule has 228 valence electrons. The van der Waals surface area contributed by atoms with Crippen LogP contribution in [0.5, 0.6) is 11.5 Å². The van der Waals surface area contributed by atoms with Crippen LogP contribution in [0.3, 0.4) is 0 Å². The van der Waals surface area contributed by atoms with Crippen LogP contribution in [-0.2, 0) is 17.8 Å². The van der Waals surface area contributed by atoms with Crippen molar-refractivity contribution in [3.8, 4) is 11.5 Å². The second-order valence-corrected chi connectivity index (χ2v) is 13.5. The lowest BCUT2D eigenvalue weighted by atomic mass is 9.87. The first-order valence-corrected chi connectivity index (χ1v) is 16.4. The summed E-state index contributed by atoms with van der Waals surface area (Å²) >= 11 is 8.05. The summed E-state index contributed by atoms with van der Waals surface area (Å²) in [6.07, 6.45) is 3.64. The van der Waals surface area contributed by atoms with Crippen LogP contribution in [0.4, 0.5) is 0 Å². The number of nitrogens with one attached hydrogen (secondary N) is 2. The number of fused-ring (bicyclic) bond motifs is 2. The van der Waals surface area contributed by atoms with Crippen molar-refractivity contribution in [3.63, 3.8) is 0 Å². The number of aromatic nitrogens is 1. The third kappa shape index (κ3) is 6.34. The molecule has 0 radical (unpaired) electrons. The van der Waals surface area contributed by atoms with E-state index in [1.807, 2.05) is 38.1 Å². The Labute approximate surface area is 263 Å². The van der Waals surface area contributed by atoms with Gasteiger partial charge in [-0.3, -0.25) is 4.79 Å². The van der Waals surface area contributed by atoms with E-state index in [1.54, 1.807) is 18.4 Å². The van der Waals surface area contributed by atoms with Crippen LogP contribution in [0, 0.1) is 27.7 Å². The van der Waals surface area contributed by atoms with Gasteiger partial charge in [-0.2, -0.15) is 0 Å². The third-order valence-electron chi connectivity index (χ3n) is 8.89. The normalized spacial score (nSPS) is 19.9. The Balaban J connectivity index is 1.27. The lowest BCUT2D eigenvalue weighted by Crippen LogP contribution is -2.60. The summed E-state index contributed by atoms with van der Waals surface area (Å²) in [6, 6.07) is 10.6. The van der Waals surface area contributed by atoms with Crippen molar-refractivity contribution in [1.29, 1.82) is 0 Å². The fourth-order valence-electron chi connectivity index (χ4n) is 6.35. The molecule has 9 heteroatoms. The molecule has 1 aromatic heterocycles. The lowest BCUT2D eigenvalue weighted by Gasteiger charge is -2.40. The van der Waals surface area contributed by atoms with Crippen molar-refractivity contribution in [2.75, 3.05) is 26.8 Å². The molecule has 3 aromatic rings. The Morgan fingerprint density at radius 3 is 2.63 bits per heavy atom. The van der Waals surface area contributed by atoms with Gasteiger partial charge in [0.15, 0.2) is 0 Å². The highest BCUT2D eigenvalue weighted by Gasteiger charge is 2.41. The minimum Gasteiger partial charge on any atom is -0.496 e. The maximum atomic E-state index is 14.5. The molecular weight excluding hydrogens is 580 g/mol. The van der Waals surface area contributed by atoms with Crippen LogP contribution in [0.1, 0.15) is 57.1 Å². The third-order valence-corrected chi connectivity index (χ3v) is 10.8. The van der Waals surface area contributed by atoms with Crippen molar-refractivity contribution in [3.05, 3.63) is 78.8 Å². The van der Waals surface area contributed by atoms with E-state index < -0.39 is 0 Å². The lowest BCUT2D eigenvalue weighted by molar-refractivity contribution is -0.128. The number of rotatable bonds is 10. The SMILES string of the molecule is COc1cccc(CN(C(=O)C2=C(c3nc(C)c(CCOc4cc(C)c(Cl)c(C)c4)s3)CC3CNCC2N3)C2CC2)c1C. The van der Waals surface area contributed by atoms with Gasteiger partial charge in [-0.25, -0.2) is 4.98 Å². The Morgan fingerprint density at radius 1 is 1.14 bits per heavy atom. The van der Waals surface area contributed by atoms with Crippen LogP contribution in [0.2, 0.25) is 5.02 Å². The van der Waals surface area contributed by atoms with Gasteiger partial charge in [0.1, 0.15) is 16.5 Å². The van der Waals surface area contributed by atoms with Crippen molar-refractivity contribution in [2.45, 2.75) is 78.0 Å². The molecule has 1 saturated heterocycles. The molecule has 3 aliphatic rings. The largest absolute Gasteiger partial charge is 0.496 e. The van der Waals surface area contributed by atoms with E-state index in [0.717, 1.165) is 99.4 Å². The Hall–Kier alpha value is -2.91. The number of aryl methyl sites for hydroxylation is 3. The van der Waals surface area contributed by atoms with Crippen LogP contribution >= 0.6 is 22.9 Å². The van der Waals surface area contributed by atoms with Gasteiger partial charge in [0, 0.05) is 53.6 Å². The standard InChI is InChI=1S/C34H41ClN4O3S/c1-19-13-26(14-20(2)32(19)35)42-12-11-30-22(4)37-33(43-30)27-15-24-16-36-17-28(38-24)31(27)34(40)39(25-9-10-25)18-23-7-6-8-29(41-5)21(23)3/h6-8,13-14,24-25,28,36,38H,9-12,15-18H2,1-5H3. The molecule has 1 aliphatic carbocycles. The van der Waals surface area contributed by atoms with Crippen molar-refractivity contribution < 1.29 is 14.3 Å². The quantitative estimate of drug-likeness (QED) is 0.292. The Morgan fingerprint density at radius 2 is 1.91 bits per heavy atom. The van der Waals surface area contributed by atoms with Gasteiger partial charge in [-0.1, -0.05) is 23.7 Å². The molecule has 0 spiro atoms. The van der Waals surface area contributed by atoms with E-state index in [4.69, 9.17) is 26.1 Å². The molecule has 2 fully saturated rings. The number of hydrogen-bond donors (Lipinski definition) is 2. The summed E-state index contributed by atoms with van der Waals surface area (Å²) < 4.78 is 11.7. The minimum atomic E-state index is -0.0324. The molecule has 2 aromatic carbocycles. The number of ether oxygens (including phenoxy) is 2. The van der Waals surface area contributed by atoms with Crippen LogP contribution < -0.4 is 20.1 Å². The van der Waals surface area contributed by atoms with E-state index in [9.17, 15) is 4.79 Å². The maximum absolute atomic E-state index is 14.5. The van der Waals surface area contributed by atoms with Gasteiger partial charge in [0.05, 0.1) is 25.5 Å². The smallest absolute Gasteiger partial charge is 0.252 e. The number of methoxy groups -OCH3 is 1. The number of nitrogens with zero attached hydrogens (tertiary/aromatic N) is 2. The molecule has 2 aliphatic heterocycles. The molecular formula is C34H41ClN4O3S. The summed E-state index contributed by atoms with van der Waals surface area (Å²) in [7, 11) is 1.70. The van der Waals surface area contributed by atoms with Crippen LogP contribution in [0.15, 0.2) is 35.9 Å². The average molecular weight is 621 g/mol. The predicted octanol–water partition coefficient (Wildman–Crippen LogP) is 5.94. The number of hydrogen-bond acceptors (Lipinski definition) is 7. The summed E-state index contributed by atoms with van der Waals surface area (Å²) in [6.45, 7) is 10.9. The zero-order chi connectivity index (χ0) is 30.2. The molecule has 43 heavy (non-hydrogen) atoms. The van der Waals surface area contributed by atoms with E-state index in [2.05, 4.69) is 35.4 Å². The molecule has 2 atom stereocenters. The minimum absolute atomic E-state index is 0.0324.